The normalized spacial score (nSPS) is 31.9. The van der Waals surface area contributed by atoms with Crippen LogP contribution in [0.3, 0.4) is 0 Å². The van der Waals surface area contributed by atoms with Crippen LogP contribution in [0.2, 0.25) is 0 Å². The first-order valence-corrected chi connectivity index (χ1v) is 40.1. The zero-order chi connectivity index (χ0) is 68.7. The predicted molar refractivity (Wildman–Crippen MR) is 396 cm³/mol. The third-order valence-corrected chi connectivity index (χ3v) is 29.1. The number of carbonyl (C=O) groups is 1. The van der Waals surface area contributed by atoms with Crippen LogP contribution in [0.4, 0.5) is 0 Å². The van der Waals surface area contributed by atoms with E-state index in [1.54, 1.807) is 13.2 Å². The van der Waals surface area contributed by atoms with Gasteiger partial charge in [-0.25, -0.2) is 0 Å². The number of phenols is 2. The maximum atomic E-state index is 14.2. The van der Waals surface area contributed by atoms with Gasteiger partial charge in [-0.2, -0.15) is 0 Å². The molecule has 528 valence electrons. The van der Waals surface area contributed by atoms with E-state index in [1.807, 2.05) is 27.7 Å². The molecule has 0 amide bonds. The lowest BCUT2D eigenvalue weighted by Gasteiger charge is -2.50. The molecule has 9 N–H and O–H groups in total. The molecule has 0 radical (unpaired) electrons. The molecule has 11 bridgehead atoms. The van der Waals surface area contributed by atoms with Gasteiger partial charge in [-0.15, -0.1) is 0 Å². The third kappa shape index (κ3) is 11.8. The van der Waals surface area contributed by atoms with Gasteiger partial charge in [0.15, 0.2) is 18.3 Å². The van der Waals surface area contributed by atoms with E-state index >= 15 is 0 Å². The summed E-state index contributed by atoms with van der Waals surface area (Å²) < 4.78 is 35.2. The summed E-state index contributed by atoms with van der Waals surface area (Å²) in [5.41, 5.74) is 18.8. The summed E-state index contributed by atoms with van der Waals surface area (Å²) in [7, 11) is 5.63. The Hall–Kier alpha value is -6.83. The van der Waals surface area contributed by atoms with E-state index in [0.29, 0.717) is 53.7 Å². The van der Waals surface area contributed by atoms with Crippen LogP contribution in [0, 0.1) is 59.2 Å². The van der Waals surface area contributed by atoms with Crippen molar-refractivity contribution in [2.24, 2.45) is 41.2 Å². The van der Waals surface area contributed by atoms with Crippen LogP contribution in [0.15, 0.2) is 108 Å². The molecule has 5 aromatic carbocycles. The molecule has 15 atom stereocenters. The fourth-order valence-electron chi connectivity index (χ4n) is 21.8. The maximum Gasteiger partial charge on any atom is 0.302 e. The van der Waals surface area contributed by atoms with E-state index in [2.05, 4.69) is 131 Å². The molecule has 16 heteroatoms. The number of nitrogens with one attached hydrogen (secondary N) is 3. The van der Waals surface area contributed by atoms with Crippen molar-refractivity contribution < 1.29 is 48.9 Å². The second-order valence-corrected chi connectivity index (χ2v) is 34.2. The molecule has 101 heavy (non-hydrogen) atoms. The van der Waals surface area contributed by atoms with Crippen LogP contribution in [0.25, 0.3) is 17.2 Å². The summed E-state index contributed by atoms with van der Waals surface area (Å²) in [5.74, 6) is 16.6. The average molecular weight is 1400 g/mol. The highest BCUT2D eigenvalue weighted by molar-refractivity contribution is 8.77. The number of nitrogens with two attached hydrogens (primary N) is 1. The summed E-state index contributed by atoms with van der Waals surface area (Å²) >= 11 is 0. The first-order chi connectivity index (χ1) is 49.4. The predicted octanol–water partition coefficient (Wildman–Crippen LogP) is 13.5. The monoisotopic (exact) mass is 1400 g/mol. The van der Waals surface area contributed by atoms with Crippen LogP contribution >= 0.6 is 21.6 Å². The van der Waals surface area contributed by atoms with E-state index in [1.165, 1.54) is 30.0 Å². The van der Waals surface area contributed by atoms with Crippen LogP contribution < -0.4 is 35.9 Å². The van der Waals surface area contributed by atoms with E-state index in [9.17, 15) is 25.2 Å². The Balaban J connectivity index is 1.01. The number of ether oxygens (including phenoxy) is 5. The topological polar surface area (TPSA) is 206 Å². The number of fused-ring (bicyclic) bond motifs is 18. The van der Waals surface area contributed by atoms with E-state index < -0.39 is 53.8 Å². The minimum absolute atomic E-state index is 0.00538. The van der Waals surface area contributed by atoms with Gasteiger partial charge in [0.05, 0.1) is 35.7 Å². The van der Waals surface area contributed by atoms with E-state index in [4.69, 9.17) is 29.4 Å². The smallest absolute Gasteiger partial charge is 0.302 e. The summed E-state index contributed by atoms with van der Waals surface area (Å²) in [5, 5.41) is 60.6. The molecular formula is C85H96N4O10S2. The van der Waals surface area contributed by atoms with Gasteiger partial charge in [0.25, 0.3) is 0 Å². The van der Waals surface area contributed by atoms with Crippen molar-refractivity contribution >= 4 is 33.6 Å². The highest BCUT2D eigenvalue weighted by Crippen LogP contribution is 2.67. The molecule has 15 unspecified atom stereocenters. The largest absolute Gasteiger partial charge is 0.508 e. The molecule has 12 aliphatic rings. The van der Waals surface area contributed by atoms with Gasteiger partial charge in [0.1, 0.15) is 42.0 Å². The van der Waals surface area contributed by atoms with E-state index in [-0.39, 0.29) is 83.6 Å². The lowest BCUT2D eigenvalue weighted by molar-refractivity contribution is -0.141. The number of allylic oxidation sites excluding steroid dienone is 3. The number of methoxy groups -OCH3 is 1. The van der Waals surface area contributed by atoms with Crippen LogP contribution in [0.1, 0.15) is 183 Å². The Labute approximate surface area is 602 Å². The minimum Gasteiger partial charge on any atom is -0.508 e. The number of carbonyl (C=O) groups excluding carboxylic acids is 1. The second-order valence-electron chi connectivity index (χ2n) is 31.6. The van der Waals surface area contributed by atoms with E-state index in [0.717, 1.165) is 159 Å². The molecule has 1 saturated heterocycles. The Morgan fingerprint density at radius 1 is 0.832 bits per heavy atom. The lowest BCUT2D eigenvalue weighted by atomic mass is 9.54. The molecule has 5 fully saturated rings. The van der Waals surface area contributed by atoms with Gasteiger partial charge >= 0.3 is 5.97 Å². The number of rotatable bonds is 9. The quantitative estimate of drug-likeness (QED) is 0.0299. The van der Waals surface area contributed by atoms with Gasteiger partial charge in [-0.3, -0.25) is 4.79 Å². The van der Waals surface area contributed by atoms with Crippen molar-refractivity contribution in [3.63, 3.8) is 0 Å². The lowest BCUT2D eigenvalue weighted by Crippen LogP contribution is -2.52. The van der Waals surface area contributed by atoms with Gasteiger partial charge in [-0.1, -0.05) is 163 Å². The Morgan fingerprint density at radius 2 is 1.65 bits per heavy atom. The van der Waals surface area contributed by atoms with Crippen molar-refractivity contribution in [1.82, 2.24) is 16.0 Å². The molecule has 6 aliphatic heterocycles. The van der Waals surface area contributed by atoms with Gasteiger partial charge in [-0.05, 0) is 152 Å². The number of esters is 1. The first-order valence-electron chi connectivity index (χ1n) is 37.7. The molecular weight excluding hydrogens is 1300 g/mol. The second kappa shape index (κ2) is 27.7. The molecule has 6 aliphatic carbocycles. The van der Waals surface area contributed by atoms with Crippen LogP contribution in [-0.2, 0) is 49.9 Å². The van der Waals surface area contributed by atoms with Crippen LogP contribution in [0.5, 0.6) is 28.7 Å². The van der Waals surface area contributed by atoms with Crippen molar-refractivity contribution in [2.45, 2.75) is 193 Å². The summed E-state index contributed by atoms with van der Waals surface area (Å²) in [4.78, 5) is 13.7. The van der Waals surface area contributed by atoms with Crippen molar-refractivity contribution in [3.05, 3.63) is 164 Å². The zero-order valence-corrected chi connectivity index (χ0v) is 59.8. The highest BCUT2D eigenvalue weighted by Gasteiger charge is 2.58. The molecule has 4 saturated carbocycles. The maximum absolute atomic E-state index is 14.2. The van der Waals surface area contributed by atoms with Gasteiger partial charge in [0, 0.05) is 119 Å². The van der Waals surface area contributed by atoms with Gasteiger partial charge < -0.3 is 65.8 Å². The Morgan fingerprint density at radius 3 is 2.47 bits per heavy atom. The highest BCUT2D eigenvalue weighted by atomic mass is 33.1. The number of dihydropyridines is 1. The fraction of sp³-hybridized carbons (Fsp3) is 0.518. The number of aliphatic hydroxyl groups is 2. The van der Waals surface area contributed by atoms with Crippen LogP contribution in [-0.4, -0.2) is 102 Å². The fourth-order valence-corrected chi connectivity index (χ4v) is 25.0. The van der Waals surface area contributed by atoms with Gasteiger partial charge in [0.2, 0.25) is 0 Å². The number of phenolic OH excluding ortho intramolecular Hbond substituents is 2. The van der Waals surface area contributed by atoms with Crippen molar-refractivity contribution in [1.29, 1.82) is 0 Å². The Bertz CT molecular complexity index is 4270. The number of aromatic hydroxyl groups is 2. The number of hydrogen-bond acceptors (Lipinski definition) is 16. The third-order valence-electron chi connectivity index (χ3n) is 26.1. The molecule has 0 aromatic heterocycles. The SMILES string of the molecule is COCC1C(CO)CNCc2c(O)c3c(c4c2C2C#CC5=C(C=CC(N)N5)C(C5CCC6(Cc7cc(O)cc(OCO)c7-c7ccc8c(c76)OC4C8COC(C)=O)C5)C4(CCCCC4)c4cccc(c4)C4(CCCC4)C1C#C2)C=CC1NC2CCCC(CSSC(Cc4ccccc4)C1O3)C2. The molecule has 17 rings (SSSR count). The molecule has 14 nitrogen and oxygen atoms in total. The number of hydrogen-bond donors (Lipinski definition) is 8. The first kappa shape index (κ1) is 67.4. The average Bonchev–Trinajstić information content (AvgIpc) is 1.58. The number of benzene rings is 5. The molecule has 3 spiro atoms. The minimum atomic E-state index is -0.907. The van der Waals surface area contributed by atoms with Crippen molar-refractivity contribution in [3.8, 4) is 63.6 Å². The van der Waals surface area contributed by atoms with Crippen molar-refractivity contribution in [2.75, 3.05) is 46.0 Å². The summed E-state index contributed by atoms with van der Waals surface area (Å²) in [6.45, 7) is 1.63. The summed E-state index contributed by atoms with van der Waals surface area (Å²) in [6, 6.07) is 28.3. The molecule has 5 aromatic rings. The Kier molecular flexibility index (Phi) is 18.4. The molecule has 6 heterocycles. The summed E-state index contributed by atoms with van der Waals surface area (Å²) in [6.07, 6.45) is 24.3. The number of aliphatic hydroxyl groups excluding tert-OH is 2. The zero-order valence-electron chi connectivity index (χ0n) is 58.2. The standard InChI is InChI=1S/C85H96N4O10S2/c1-49(92)96-46-66-60-21-22-62-73-54(37-59(93)39-70(73)97-48-91)41-83-34-29-53(40-83)76-61-24-28-72(86)89-68(61)26-20-52-19-25-67(84(30-9-10-31-84)56-16-12-17-57(38-56)85(76)32-7-4-8-33-85)65(45-95-2)55(44-90)42-87-43-64-74(52)75(79(66)98-80(60)77(62)83)63-23-27-69-82(99-81(63)78(64)94)71(36-50-13-5-3-6-14-50)101-100-47-51-15-11-18-58(35-51)88-69/h3,5-6,12-14,16-17,21-24,27-28,37-39,51-53,55,58,65-67,69,71-72,76,79,82,87-91,93-94H,4,7-11,15,18,29-36,40-48,86H2,1-2H3.